The third kappa shape index (κ3) is 5.68. The van der Waals surface area contributed by atoms with Gasteiger partial charge in [0.05, 0.1) is 6.61 Å². The van der Waals surface area contributed by atoms with Crippen molar-refractivity contribution in [2.75, 3.05) is 6.61 Å². The molecular formula is C4H9BO3. The monoisotopic (exact) mass is 116 g/mol. The summed E-state index contributed by atoms with van der Waals surface area (Å²) in [6, 6.07) is 0. The highest BCUT2D eigenvalue weighted by Crippen LogP contribution is 1.76. The molecule has 3 nitrogen and oxygen atoms in total. The molecule has 0 aliphatic rings. The van der Waals surface area contributed by atoms with E-state index in [1.165, 1.54) is 0 Å². The number of allylic oxidation sites excluding steroid dienone is 1. The van der Waals surface area contributed by atoms with E-state index in [0.29, 0.717) is 0 Å². The maximum absolute atomic E-state index is 8.08. The lowest BCUT2D eigenvalue weighted by Gasteiger charge is -1.93. The van der Waals surface area contributed by atoms with Crippen LogP contribution in [-0.2, 0) is 4.65 Å². The summed E-state index contributed by atoms with van der Waals surface area (Å²) < 4.78 is 4.31. The molecule has 0 radical (unpaired) electrons. The largest absolute Gasteiger partial charge is 0.634 e. The molecule has 0 saturated carbocycles. The lowest BCUT2D eigenvalue weighted by Crippen LogP contribution is -2.16. The zero-order valence-corrected chi connectivity index (χ0v) is 4.74. The van der Waals surface area contributed by atoms with E-state index in [1.54, 1.807) is 12.2 Å². The third-order valence-corrected chi connectivity index (χ3v) is 0.577. The van der Waals surface area contributed by atoms with Gasteiger partial charge in [0.15, 0.2) is 0 Å². The molecule has 0 aromatic heterocycles. The first-order valence-corrected chi connectivity index (χ1v) is 2.36. The first kappa shape index (κ1) is 7.68. The van der Waals surface area contributed by atoms with Gasteiger partial charge in [0, 0.05) is 0 Å². The molecule has 0 aromatic carbocycles. The standard InChI is InChI=1S/C4H9BO3/c1-2-3-4-8-5(6)7/h2-3,6-7H,4H2,1H3/b3-2-. The van der Waals surface area contributed by atoms with Gasteiger partial charge in [-0.1, -0.05) is 12.2 Å². The van der Waals surface area contributed by atoms with Gasteiger partial charge in [0.2, 0.25) is 0 Å². The number of hydrogen-bond acceptors (Lipinski definition) is 3. The van der Waals surface area contributed by atoms with Crippen LogP contribution in [0, 0.1) is 0 Å². The number of rotatable bonds is 3. The molecule has 2 N–H and O–H groups in total. The van der Waals surface area contributed by atoms with Crippen molar-refractivity contribution < 1.29 is 14.7 Å². The Morgan fingerprint density at radius 3 is 2.62 bits per heavy atom. The quantitative estimate of drug-likeness (QED) is 0.387. The second kappa shape index (κ2) is 4.83. The van der Waals surface area contributed by atoms with Crippen LogP contribution in [0.1, 0.15) is 6.92 Å². The first-order chi connectivity index (χ1) is 3.77. The fourth-order valence-corrected chi connectivity index (χ4v) is 0.238. The zero-order valence-electron chi connectivity index (χ0n) is 4.74. The molecule has 8 heavy (non-hydrogen) atoms. The van der Waals surface area contributed by atoms with E-state index in [-0.39, 0.29) is 6.61 Å². The molecule has 0 aliphatic carbocycles. The molecule has 0 unspecified atom stereocenters. The molecule has 0 aliphatic heterocycles. The zero-order chi connectivity index (χ0) is 6.41. The summed E-state index contributed by atoms with van der Waals surface area (Å²) in [7, 11) is -1.65. The highest BCUT2D eigenvalue weighted by molar-refractivity contribution is 6.32. The molecule has 0 bridgehead atoms. The fraction of sp³-hybridized carbons (Fsp3) is 0.500. The molecule has 0 fully saturated rings. The third-order valence-electron chi connectivity index (χ3n) is 0.577. The molecule has 46 valence electrons. The Bertz CT molecular complexity index is 71.7. The predicted octanol–water partition coefficient (Wildman–Crippen LogP) is -0.451. The van der Waals surface area contributed by atoms with Crippen LogP contribution in [-0.4, -0.2) is 24.0 Å². The van der Waals surface area contributed by atoms with Gasteiger partial charge in [-0.2, -0.15) is 0 Å². The van der Waals surface area contributed by atoms with E-state index in [0.717, 1.165) is 0 Å². The van der Waals surface area contributed by atoms with E-state index < -0.39 is 7.32 Å². The van der Waals surface area contributed by atoms with Crippen molar-refractivity contribution in [3.8, 4) is 0 Å². The molecule has 0 heterocycles. The van der Waals surface area contributed by atoms with Crippen molar-refractivity contribution >= 4 is 7.32 Å². The Morgan fingerprint density at radius 2 is 2.25 bits per heavy atom. The van der Waals surface area contributed by atoms with Crippen LogP contribution in [0.3, 0.4) is 0 Å². The van der Waals surface area contributed by atoms with E-state index in [2.05, 4.69) is 4.65 Å². The van der Waals surface area contributed by atoms with E-state index in [1.807, 2.05) is 6.92 Å². The van der Waals surface area contributed by atoms with Crippen LogP contribution in [0.15, 0.2) is 12.2 Å². The summed E-state index contributed by atoms with van der Waals surface area (Å²) in [6.45, 7) is 2.07. The van der Waals surface area contributed by atoms with Crippen LogP contribution in [0.5, 0.6) is 0 Å². The molecular weight excluding hydrogens is 107 g/mol. The van der Waals surface area contributed by atoms with Crippen LogP contribution in [0.4, 0.5) is 0 Å². The van der Waals surface area contributed by atoms with Crippen molar-refractivity contribution in [2.24, 2.45) is 0 Å². The van der Waals surface area contributed by atoms with Crippen molar-refractivity contribution in [3.05, 3.63) is 12.2 Å². The molecule has 0 amide bonds. The summed E-state index contributed by atoms with van der Waals surface area (Å²) in [4.78, 5) is 0. The Balaban J connectivity index is 2.93. The van der Waals surface area contributed by atoms with E-state index in [4.69, 9.17) is 10.0 Å². The van der Waals surface area contributed by atoms with Gasteiger partial charge in [0.25, 0.3) is 0 Å². The van der Waals surface area contributed by atoms with E-state index >= 15 is 0 Å². The Hall–Kier alpha value is -0.315. The average molecular weight is 116 g/mol. The summed E-state index contributed by atoms with van der Waals surface area (Å²) >= 11 is 0. The van der Waals surface area contributed by atoms with Gasteiger partial charge in [-0.05, 0) is 6.92 Å². The maximum Gasteiger partial charge on any atom is 0.634 e. The van der Waals surface area contributed by atoms with Crippen LogP contribution in [0.25, 0.3) is 0 Å². The minimum Gasteiger partial charge on any atom is -0.402 e. The second-order valence-electron chi connectivity index (χ2n) is 1.23. The van der Waals surface area contributed by atoms with Crippen molar-refractivity contribution in [1.82, 2.24) is 0 Å². The fourth-order valence-electron chi connectivity index (χ4n) is 0.238. The summed E-state index contributed by atoms with van der Waals surface area (Å²) in [5.41, 5.74) is 0. The minimum absolute atomic E-state index is 0.244. The van der Waals surface area contributed by atoms with Gasteiger partial charge >= 0.3 is 7.32 Å². The van der Waals surface area contributed by atoms with Crippen LogP contribution < -0.4 is 0 Å². The highest BCUT2D eigenvalue weighted by Gasteiger charge is 2.04. The van der Waals surface area contributed by atoms with Crippen LogP contribution >= 0.6 is 0 Å². The topological polar surface area (TPSA) is 49.7 Å². The van der Waals surface area contributed by atoms with Crippen LogP contribution in [0.2, 0.25) is 0 Å². The molecule has 0 atom stereocenters. The lowest BCUT2D eigenvalue weighted by atomic mass is 10.3. The molecule has 0 rings (SSSR count). The normalized spacial score (nSPS) is 10.4. The molecule has 0 spiro atoms. The minimum atomic E-state index is -1.65. The van der Waals surface area contributed by atoms with Gasteiger partial charge in [-0.3, -0.25) is 0 Å². The van der Waals surface area contributed by atoms with Gasteiger partial charge in [-0.25, -0.2) is 0 Å². The predicted molar refractivity (Wildman–Crippen MR) is 31.0 cm³/mol. The number of hydrogen-bond donors (Lipinski definition) is 2. The van der Waals surface area contributed by atoms with Crippen molar-refractivity contribution in [3.63, 3.8) is 0 Å². The maximum atomic E-state index is 8.08. The van der Waals surface area contributed by atoms with Gasteiger partial charge in [0.1, 0.15) is 0 Å². The summed E-state index contributed by atoms with van der Waals surface area (Å²) in [5.74, 6) is 0. The first-order valence-electron chi connectivity index (χ1n) is 2.36. The Labute approximate surface area is 48.8 Å². The SMILES string of the molecule is C/C=C\COB(O)O. The highest BCUT2D eigenvalue weighted by atomic mass is 16.6. The summed E-state index contributed by atoms with van der Waals surface area (Å²) in [6.07, 6.45) is 3.45. The molecule has 4 heteroatoms. The molecule has 0 aromatic rings. The smallest absolute Gasteiger partial charge is 0.402 e. The lowest BCUT2D eigenvalue weighted by molar-refractivity contribution is 0.206. The summed E-state index contributed by atoms with van der Waals surface area (Å²) in [5, 5.41) is 16.2. The van der Waals surface area contributed by atoms with Gasteiger partial charge in [-0.15, -0.1) is 0 Å². The Kier molecular flexibility index (Phi) is 4.64. The average Bonchev–Trinajstić information content (AvgIpc) is 1.66. The Morgan fingerprint density at radius 1 is 1.62 bits per heavy atom. The van der Waals surface area contributed by atoms with Gasteiger partial charge < -0.3 is 14.7 Å². The molecule has 0 saturated heterocycles. The van der Waals surface area contributed by atoms with Crippen molar-refractivity contribution in [2.45, 2.75) is 6.92 Å². The van der Waals surface area contributed by atoms with E-state index in [9.17, 15) is 0 Å². The van der Waals surface area contributed by atoms with Crippen molar-refractivity contribution in [1.29, 1.82) is 0 Å². The second-order valence-corrected chi connectivity index (χ2v) is 1.23.